The Morgan fingerprint density at radius 2 is 1.65 bits per heavy atom. The molecule has 0 unspecified atom stereocenters. The van der Waals surface area contributed by atoms with Gasteiger partial charge in [0.1, 0.15) is 17.6 Å². The predicted molar refractivity (Wildman–Crippen MR) is 296 cm³/mol. The van der Waals surface area contributed by atoms with Crippen LogP contribution in [0.15, 0.2) is 132 Å². The second-order valence-corrected chi connectivity index (χ2v) is 25.0. The molecule has 2 fully saturated rings. The van der Waals surface area contributed by atoms with Gasteiger partial charge in [-0.3, -0.25) is 0 Å². The van der Waals surface area contributed by atoms with Gasteiger partial charge in [0.25, 0.3) is 0 Å². The Hall–Kier alpha value is -4.98. The number of phenols is 1. The number of phenolic OH excluding ortho intramolecular Hbond substituents is 1. The molecule has 8 N–H and O–H groups in total. The monoisotopic (exact) mass is 1080 g/mol. The van der Waals surface area contributed by atoms with Gasteiger partial charge >= 0.3 is 29.6 Å². The number of benzene rings is 5. The minimum Gasteiger partial charge on any atom is -0.748 e. The summed E-state index contributed by atoms with van der Waals surface area (Å²) in [5, 5.41) is 43.3. The maximum Gasteiger partial charge on any atom is 1.00 e. The molecule has 10 bridgehead atoms. The van der Waals surface area contributed by atoms with Crippen LogP contribution in [-0.4, -0.2) is 62.9 Å². The van der Waals surface area contributed by atoms with Crippen molar-refractivity contribution in [2.24, 2.45) is 46.0 Å². The summed E-state index contributed by atoms with van der Waals surface area (Å²) in [6, 6.07) is 37.3. The number of fused-ring (bicyclic) bond motifs is 9. The van der Waals surface area contributed by atoms with E-state index < -0.39 is 50.6 Å². The van der Waals surface area contributed by atoms with Gasteiger partial charge < -0.3 is 45.9 Å². The first-order valence-electron chi connectivity index (χ1n) is 27.8. The Morgan fingerprint density at radius 1 is 0.897 bits per heavy atom. The van der Waals surface area contributed by atoms with Crippen LogP contribution in [-0.2, 0) is 40.0 Å². The second kappa shape index (κ2) is 23.2. The Balaban J connectivity index is 0.00000688. The molecule has 0 spiro atoms. The van der Waals surface area contributed by atoms with E-state index in [1.165, 1.54) is 0 Å². The first kappa shape index (κ1) is 56.3. The third-order valence-corrected chi connectivity index (χ3v) is 19.8. The summed E-state index contributed by atoms with van der Waals surface area (Å²) in [4.78, 5) is 5.12. The molecule has 14 heteroatoms. The third-order valence-electron chi connectivity index (χ3n) is 18.5. The summed E-state index contributed by atoms with van der Waals surface area (Å²) in [6.07, 6.45) is 8.17. The van der Waals surface area contributed by atoms with Crippen molar-refractivity contribution < 1.29 is 72.4 Å². The van der Waals surface area contributed by atoms with Crippen LogP contribution < -0.4 is 45.8 Å². The molecule has 0 amide bonds. The van der Waals surface area contributed by atoms with Crippen molar-refractivity contribution in [3.05, 3.63) is 177 Å². The number of ether oxygens (including phenoxy) is 2. The van der Waals surface area contributed by atoms with E-state index in [0.29, 0.717) is 68.2 Å². The van der Waals surface area contributed by atoms with Crippen LogP contribution in [0.1, 0.15) is 151 Å². The zero-order valence-corrected chi connectivity index (χ0v) is 47.7. The van der Waals surface area contributed by atoms with Gasteiger partial charge in [0.15, 0.2) is 5.96 Å². The number of nitrogens with two attached hydrogens (primary N) is 2. The maximum atomic E-state index is 14.3. The van der Waals surface area contributed by atoms with Gasteiger partial charge in [-0.25, -0.2) is 13.4 Å². The number of aliphatic hydroxyl groups excluding tert-OH is 2. The summed E-state index contributed by atoms with van der Waals surface area (Å²) in [5.41, 5.74) is 19.1. The van der Waals surface area contributed by atoms with Gasteiger partial charge in [-0.05, 0) is 181 Å². The number of aryl methyl sites for hydroxylation is 1. The van der Waals surface area contributed by atoms with Gasteiger partial charge in [0.05, 0.1) is 33.7 Å². The van der Waals surface area contributed by atoms with E-state index in [4.69, 9.17) is 25.9 Å². The smallest absolute Gasteiger partial charge is 0.748 e. The minimum atomic E-state index is -4.95. The molecule has 12 nitrogen and oxygen atoms in total. The zero-order valence-electron chi connectivity index (χ0n) is 44.8. The van der Waals surface area contributed by atoms with Crippen molar-refractivity contribution in [2.75, 3.05) is 6.61 Å². The molecule has 404 valence electrons. The number of aliphatic hydroxyl groups is 3. The van der Waals surface area contributed by atoms with Crippen molar-refractivity contribution in [3.8, 4) is 23.3 Å². The van der Waals surface area contributed by atoms with Gasteiger partial charge in [0.2, 0.25) is 5.72 Å². The molecule has 8 aliphatic rings. The fourth-order valence-electron chi connectivity index (χ4n) is 14.7. The summed E-state index contributed by atoms with van der Waals surface area (Å²) >= 11 is 0. The molecular weight excluding hydrogens is 1010 g/mol. The number of guanidine groups is 1. The molecule has 13 atom stereocenters. The quantitative estimate of drug-likeness (QED) is 0.0217. The molecule has 0 radical (unpaired) electrons. The van der Waals surface area contributed by atoms with Crippen molar-refractivity contribution in [1.82, 2.24) is 0 Å². The third kappa shape index (κ3) is 11.6. The SMILES string of the molecule is C[C@@H]1CCc2cc3ccc2[C@H]1C[C@@H](S(=O)(=O)[O-])[C@H]1C=C2C[C@H](C[C@H]4C[C@@H](CO)CC#Cc5cc(O)ccc5[C@@H]2O4)[C@@H]1c1ccc(cc1)[C@](C[C@H](Cc1ccccc1)[C@@]1(O)CCC[C@@H](c2ccc(CO)cc2)C1)(N=C(N)N)O3.[Na+]. The van der Waals surface area contributed by atoms with Crippen LogP contribution >= 0.6 is 0 Å². The van der Waals surface area contributed by atoms with Crippen LogP contribution in [0.3, 0.4) is 0 Å². The number of rotatable bonds is 10. The predicted octanol–water partition coefficient (Wildman–Crippen LogP) is 6.65. The number of nitrogens with zero attached hydrogens (tertiary/aromatic N) is 1. The molecule has 5 aromatic rings. The summed E-state index contributed by atoms with van der Waals surface area (Å²) in [6.45, 7) is 2.02. The molecule has 5 heterocycles. The van der Waals surface area contributed by atoms with Gasteiger partial charge in [0, 0.05) is 36.1 Å². The largest absolute Gasteiger partial charge is 1.00 e. The second-order valence-electron chi connectivity index (χ2n) is 23.4. The Bertz CT molecular complexity index is 3190. The van der Waals surface area contributed by atoms with Gasteiger partial charge in [-0.2, -0.15) is 0 Å². The van der Waals surface area contributed by atoms with E-state index in [-0.39, 0.29) is 103 Å². The van der Waals surface area contributed by atoms with Gasteiger partial charge in [-0.15, -0.1) is 0 Å². The van der Waals surface area contributed by atoms with Crippen LogP contribution in [0.4, 0.5) is 0 Å². The average molecular weight is 1080 g/mol. The van der Waals surface area contributed by atoms with E-state index in [2.05, 4.69) is 43.0 Å². The van der Waals surface area contributed by atoms with E-state index in [1.54, 1.807) is 12.1 Å². The van der Waals surface area contributed by atoms with Gasteiger partial charge in [-0.1, -0.05) is 116 Å². The summed E-state index contributed by atoms with van der Waals surface area (Å²) < 4.78 is 57.5. The van der Waals surface area contributed by atoms with Crippen LogP contribution in [0.25, 0.3) is 0 Å². The standard InChI is InChI=1S/C64H73N3O9S.Na/c1-39-12-15-46-31-53-23-25-55(46)57(39)34-59(77(72,73)74)58-33-49-29-48(32-54-28-42(38-69)9-5-10-45-30-52(70)22-24-56(45)61(49)75-54)60(58)44-18-20-50(21-19-44)64(76-53,67-62(65)66)36-51(27-40-7-3-2-4-8-40)63(71)26-6-11-47(35-63)43-16-13-41(37-68)14-17-43;/h2-4,7-8,13-14,16-25,30-31,33,39,42,47-48,51,54,57-61,68-71H,6,9,11-12,15,26-29,32,34-38H2,1H3,(H4,65,66,67)(H,72,73,74);/q;+1/p-1/t39-,42+,47-,48-,51+,54-,57+,58-,59-,60+,61-,63-,64-;/m1./s1. The van der Waals surface area contributed by atoms with Crippen LogP contribution in [0, 0.1) is 41.4 Å². The number of allylic oxidation sites excluding steroid dienone is 1. The number of aliphatic imine (C=N–C) groups is 1. The number of hydrogen-bond donors (Lipinski definition) is 6. The van der Waals surface area contributed by atoms with Crippen LogP contribution in [0.5, 0.6) is 11.5 Å². The molecule has 3 aliphatic carbocycles. The molecule has 5 aromatic carbocycles. The summed E-state index contributed by atoms with van der Waals surface area (Å²) in [5.74, 6) is 4.79. The molecule has 1 saturated heterocycles. The maximum absolute atomic E-state index is 14.3. The molecule has 5 aliphatic heterocycles. The molecule has 78 heavy (non-hydrogen) atoms. The van der Waals surface area contributed by atoms with E-state index >= 15 is 0 Å². The Kier molecular flexibility index (Phi) is 16.8. The average Bonchev–Trinajstić information content (AvgIpc) is 3.71. The molecule has 1 saturated carbocycles. The normalized spacial score (nSPS) is 30.6. The topological polar surface area (TPSA) is 221 Å². The first-order valence-corrected chi connectivity index (χ1v) is 29.3. The van der Waals surface area contributed by atoms with E-state index in [9.17, 15) is 33.4 Å². The fourth-order valence-corrected chi connectivity index (χ4v) is 15.8. The minimum absolute atomic E-state index is 0. The molecular formula is C64H72N3NaO9S. The van der Waals surface area contributed by atoms with Crippen molar-refractivity contribution in [3.63, 3.8) is 0 Å². The summed E-state index contributed by atoms with van der Waals surface area (Å²) in [7, 11) is -4.95. The molecule has 13 rings (SSSR count). The fraction of sp³-hybridized carbons (Fsp3) is 0.453. The zero-order chi connectivity index (χ0) is 53.6. The van der Waals surface area contributed by atoms with E-state index in [0.717, 1.165) is 63.8 Å². The van der Waals surface area contributed by atoms with Crippen molar-refractivity contribution >= 4 is 16.1 Å². The van der Waals surface area contributed by atoms with Crippen molar-refractivity contribution in [2.45, 2.75) is 144 Å². The number of hydrogen-bond acceptors (Lipinski definition) is 10. The first-order chi connectivity index (χ1) is 37.1. The Morgan fingerprint density at radius 3 is 2.38 bits per heavy atom. The molecule has 0 aromatic heterocycles. The number of aromatic hydroxyl groups is 1. The van der Waals surface area contributed by atoms with E-state index in [1.807, 2.05) is 84.9 Å². The van der Waals surface area contributed by atoms with Crippen molar-refractivity contribution in [1.29, 1.82) is 0 Å². The Labute approximate surface area is 481 Å². The van der Waals surface area contributed by atoms with Crippen LogP contribution in [0.2, 0.25) is 0 Å².